The summed E-state index contributed by atoms with van der Waals surface area (Å²) in [7, 11) is 2.61. The van der Waals surface area contributed by atoms with E-state index in [1.54, 1.807) is 23.5 Å². The Morgan fingerprint density at radius 1 is 0.741 bits per heavy atom. The number of hydrogen-bond donors (Lipinski definition) is 0. The molecule has 2 aromatic carbocycles. The van der Waals surface area contributed by atoms with Crippen LogP contribution in [0.5, 0.6) is 0 Å². The Morgan fingerprint density at radius 2 is 1.11 bits per heavy atom. The van der Waals surface area contributed by atoms with Gasteiger partial charge in [0, 0.05) is 32.4 Å². The lowest BCUT2D eigenvalue weighted by atomic mass is 9.85. The van der Waals surface area contributed by atoms with Crippen LogP contribution in [0.15, 0.2) is 80.3 Å². The van der Waals surface area contributed by atoms with Crippen molar-refractivity contribution in [2.24, 2.45) is 5.41 Å². The summed E-state index contributed by atoms with van der Waals surface area (Å²) in [5.41, 5.74) is -1.32. The molecule has 0 atom stereocenters. The molecule has 3 rings (SSSR count). The maximum Gasteiger partial charge on any atom is 0.323 e. The minimum Gasteiger partial charge on any atom is -0.468 e. The minimum absolute atomic E-state index is 0.279. The monoisotopic (exact) mass is 400 g/mol. The lowest BCUT2D eigenvalue weighted by Gasteiger charge is -2.23. The van der Waals surface area contributed by atoms with E-state index in [9.17, 15) is 9.59 Å². The third-order valence-corrected chi connectivity index (χ3v) is 6.78. The van der Waals surface area contributed by atoms with E-state index in [1.807, 2.05) is 60.7 Å². The van der Waals surface area contributed by atoms with Gasteiger partial charge < -0.3 is 9.47 Å². The molecule has 0 radical (unpaired) electrons. The van der Waals surface area contributed by atoms with Gasteiger partial charge in [-0.25, -0.2) is 0 Å². The van der Waals surface area contributed by atoms with Gasteiger partial charge >= 0.3 is 11.9 Å². The Morgan fingerprint density at radius 3 is 1.44 bits per heavy atom. The third-order valence-electron chi connectivity index (χ3n) is 4.36. The van der Waals surface area contributed by atoms with Crippen molar-refractivity contribution < 1.29 is 19.1 Å². The fraction of sp³-hybridized carbons (Fsp3) is 0.238. The first kappa shape index (κ1) is 19.6. The summed E-state index contributed by atoms with van der Waals surface area (Å²) in [6.45, 7) is 0. The van der Waals surface area contributed by atoms with Crippen molar-refractivity contribution in [3.8, 4) is 0 Å². The minimum atomic E-state index is -1.32. The summed E-state index contributed by atoms with van der Waals surface area (Å²) in [5, 5.41) is 0. The SMILES string of the molecule is COC(=O)C1(C(=O)OC)CC(Sc2ccccc2)=C(Sc2ccccc2)C1. The molecule has 2 aromatic rings. The summed E-state index contributed by atoms with van der Waals surface area (Å²) in [6.07, 6.45) is 0.558. The van der Waals surface area contributed by atoms with Gasteiger partial charge in [-0.3, -0.25) is 9.59 Å². The van der Waals surface area contributed by atoms with E-state index < -0.39 is 17.4 Å². The summed E-state index contributed by atoms with van der Waals surface area (Å²) < 4.78 is 9.95. The van der Waals surface area contributed by atoms with Gasteiger partial charge in [-0.15, -0.1) is 0 Å². The molecular formula is C21H20O4S2. The molecule has 6 heteroatoms. The van der Waals surface area contributed by atoms with Crippen LogP contribution in [0.25, 0.3) is 0 Å². The molecule has 0 saturated carbocycles. The van der Waals surface area contributed by atoms with E-state index in [1.165, 1.54) is 14.2 Å². The van der Waals surface area contributed by atoms with Gasteiger partial charge in [0.1, 0.15) is 0 Å². The average Bonchev–Trinajstić information content (AvgIpc) is 3.07. The molecule has 0 bridgehead atoms. The van der Waals surface area contributed by atoms with Gasteiger partial charge in [0.2, 0.25) is 0 Å². The second kappa shape index (κ2) is 8.67. The van der Waals surface area contributed by atoms with Crippen LogP contribution in [0.3, 0.4) is 0 Å². The molecule has 0 amide bonds. The summed E-state index contributed by atoms with van der Waals surface area (Å²) in [4.78, 5) is 29.2. The molecule has 0 aliphatic heterocycles. The molecule has 0 heterocycles. The maximum atomic E-state index is 12.6. The van der Waals surface area contributed by atoms with Crippen LogP contribution in [-0.4, -0.2) is 26.2 Å². The molecule has 1 aliphatic carbocycles. The Kier molecular flexibility index (Phi) is 6.29. The van der Waals surface area contributed by atoms with Crippen LogP contribution in [-0.2, 0) is 19.1 Å². The number of hydrogen-bond acceptors (Lipinski definition) is 6. The quantitative estimate of drug-likeness (QED) is 0.507. The van der Waals surface area contributed by atoms with Gasteiger partial charge in [0.25, 0.3) is 0 Å². The van der Waals surface area contributed by atoms with Crippen molar-refractivity contribution in [1.82, 2.24) is 0 Å². The summed E-state index contributed by atoms with van der Waals surface area (Å²) in [6, 6.07) is 19.8. The van der Waals surface area contributed by atoms with Crippen molar-refractivity contribution in [2.75, 3.05) is 14.2 Å². The second-order valence-electron chi connectivity index (χ2n) is 6.10. The van der Waals surface area contributed by atoms with Crippen molar-refractivity contribution in [3.05, 3.63) is 70.5 Å². The number of carbonyl (C=O) groups excluding carboxylic acids is 2. The van der Waals surface area contributed by atoms with E-state index >= 15 is 0 Å². The number of ether oxygens (including phenoxy) is 2. The fourth-order valence-corrected chi connectivity index (χ4v) is 5.43. The van der Waals surface area contributed by atoms with Gasteiger partial charge in [0.15, 0.2) is 5.41 Å². The number of rotatable bonds is 6. The van der Waals surface area contributed by atoms with Crippen molar-refractivity contribution in [2.45, 2.75) is 22.6 Å². The molecule has 0 aromatic heterocycles. The van der Waals surface area contributed by atoms with Crippen molar-refractivity contribution >= 4 is 35.5 Å². The highest BCUT2D eigenvalue weighted by Gasteiger charge is 2.53. The predicted molar refractivity (Wildman–Crippen MR) is 107 cm³/mol. The highest BCUT2D eigenvalue weighted by Crippen LogP contribution is 2.54. The van der Waals surface area contributed by atoms with Crippen LogP contribution in [0.2, 0.25) is 0 Å². The number of thioether (sulfide) groups is 2. The van der Waals surface area contributed by atoms with E-state index in [2.05, 4.69) is 0 Å². The number of allylic oxidation sites excluding steroid dienone is 2. The van der Waals surface area contributed by atoms with Crippen LogP contribution in [0.1, 0.15) is 12.8 Å². The molecule has 4 nitrogen and oxygen atoms in total. The first-order valence-electron chi connectivity index (χ1n) is 8.44. The zero-order valence-corrected chi connectivity index (χ0v) is 16.8. The summed E-state index contributed by atoms with van der Waals surface area (Å²) in [5.74, 6) is -1.10. The smallest absolute Gasteiger partial charge is 0.323 e. The van der Waals surface area contributed by atoms with Crippen LogP contribution in [0, 0.1) is 5.41 Å². The molecule has 0 unspecified atom stereocenters. The molecule has 0 fully saturated rings. The fourth-order valence-electron chi connectivity index (χ4n) is 3.02. The standard InChI is InChI=1S/C21H20O4S2/c1-24-19(22)21(20(23)25-2)13-17(26-15-9-5-3-6-10-15)18(14-21)27-16-11-7-4-8-12-16/h3-12H,13-14H2,1-2H3. The number of methoxy groups -OCH3 is 2. The average molecular weight is 401 g/mol. The van der Waals surface area contributed by atoms with E-state index in [0.29, 0.717) is 0 Å². The third kappa shape index (κ3) is 4.22. The van der Waals surface area contributed by atoms with Crippen LogP contribution >= 0.6 is 23.5 Å². The molecule has 0 saturated heterocycles. The zero-order chi connectivity index (χ0) is 19.3. The van der Waals surface area contributed by atoms with Crippen LogP contribution in [0.4, 0.5) is 0 Å². The highest BCUT2D eigenvalue weighted by molar-refractivity contribution is 8.06. The first-order chi connectivity index (χ1) is 13.1. The number of esters is 2. The number of benzene rings is 2. The van der Waals surface area contributed by atoms with E-state index in [0.717, 1.165) is 19.6 Å². The lowest BCUT2D eigenvalue weighted by molar-refractivity contribution is -0.168. The molecular weight excluding hydrogens is 380 g/mol. The predicted octanol–water partition coefficient (Wildman–Crippen LogP) is 4.91. The van der Waals surface area contributed by atoms with E-state index in [-0.39, 0.29) is 12.8 Å². The Bertz CT molecular complexity index is 776. The Labute approximate surface area is 167 Å². The Hall–Kier alpha value is -2.18. The van der Waals surface area contributed by atoms with Gasteiger partial charge in [-0.05, 0) is 24.3 Å². The maximum absolute atomic E-state index is 12.6. The van der Waals surface area contributed by atoms with Crippen molar-refractivity contribution in [1.29, 1.82) is 0 Å². The zero-order valence-electron chi connectivity index (χ0n) is 15.1. The molecule has 140 valence electrons. The topological polar surface area (TPSA) is 52.6 Å². The first-order valence-corrected chi connectivity index (χ1v) is 10.1. The second-order valence-corrected chi connectivity index (χ2v) is 8.43. The molecule has 0 spiro atoms. The number of carbonyl (C=O) groups is 2. The molecule has 1 aliphatic rings. The molecule has 27 heavy (non-hydrogen) atoms. The van der Waals surface area contributed by atoms with Gasteiger partial charge in [-0.2, -0.15) is 0 Å². The van der Waals surface area contributed by atoms with Gasteiger partial charge in [0.05, 0.1) is 14.2 Å². The van der Waals surface area contributed by atoms with E-state index in [4.69, 9.17) is 9.47 Å². The summed E-state index contributed by atoms with van der Waals surface area (Å²) >= 11 is 3.16. The molecule has 0 N–H and O–H groups in total. The van der Waals surface area contributed by atoms with Crippen LogP contribution < -0.4 is 0 Å². The highest BCUT2D eigenvalue weighted by atomic mass is 32.2. The van der Waals surface area contributed by atoms with Crippen molar-refractivity contribution in [3.63, 3.8) is 0 Å². The lowest BCUT2D eigenvalue weighted by Crippen LogP contribution is -2.39. The normalized spacial score (nSPS) is 15.5. The van der Waals surface area contributed by atoms with Gasteiger partial charge in [-0.1, -0.05) is 59.9 Å². The Balaban J connectivity index is 1.97. The largest absolute Gasteiger partial charge is 0.468 e.